The first-order valence-electron chi connectivity index (χ1n) is 26.2. The van der Waals surface area contributed by atoms with E-state index in [0.717, 1.165) is 25.1 Å². The number of nitrogens with two attached hydrogens (primary N) is 1. The van der Waals surface area contributed by atoms with Gasteiger partial charge in [0, 0.05) is 45.2 Å². The average molecular weight is 1120 g/mol. The molecule has 0 saturated carbocycles. The Labute approximate surface area is 447 Å². The predicted octanol–water partition coefficient (Wildman–Crippen LogP) is -1.91. The van der Waals surface area contributed by atoms with Crippen LogP contribution in [-0.4, -0.2) is 262 Å². The lowest BCUT2D eigenvalue weighted by molar-refractivity contribution is -0.161. The highest BCUT2D eigenvalue weighted by Gasteiger charge is 2.39. The molecule has 446 valence electrons. The molecule has 3 rings (SSSR count). The van der Waals surface area contributed by atoms with Gasteiger partial charge < -0.3 is 104 Å². The standard InChI is InChI=1S/C48H84F3N7O19/c49-48(50,51)40-5-10-55-47(58-40)57-36-32-77-39(46(65)44(36)63)34-75-29-27-71-25-23-69-21-19-67-17-12-54-42(61)8-14-73-31-35(56-43(62)4-2-1-3-9-52)30-72-13-7-41(60)53-11-16-66-18-20-68-22-24-70-26-28-74-33-38-45(64)37(59)6-15-76-38/h5,10,35-39,44-46,59,63-65H,1-4,6-9,11-34,52H2,(H,53,60)(H,54,61)(H,56,62)(H,55,57,58)/t35?,36-,37?,38?,39?,44?,45?,46?/m0/s1. The number of carbonyl (C=O) groups excluding carboxylic acids is 3. The highest BCUT2D eigenvalue weighted by atomic mass is 19.4. The molecule has 0 aromatic carbocycles. The second-order valence-corrected chi connectivity index (χ2v) is 17.7. The number of nitrogens with one attached hydrogen (secondary N) is 4. The van der Waals surface area contributed by atoms with Gasteiger partial charge in [-0.2, -0.15) is 13.2 Å². The van der Waals surface area contributed by atoms with Crippen molar-refractivity contribution in [3.05, 3.63) is 18.0 Å². The van der Waals surface area contributed by atoms with E-state index in [4.69, 9.17) is 62.6 Å². The number of rotatable bonds is 46. The zero-order valence-corrected chi connectivity index (χ0v) is 43.9. The molecule has 0 bridgehead atoms. The summed E-state index contributed by atoms with van der Waals surface area (Å²) in [6.45, 7) is 6.09. The van der Waals surface area contributed by atoms with Gasteiger partial charge in [0.1, 0.15) is 36.2 Å². The van der Waals surface area contributed by atoms with Crippen LogP contribution in [0.4, 0.5) is 19.1 Å². The molecule has 3 amide bonds. The molecule has 2 aliphatic rings. The summed E-state index contributed by atoms with van der Waals surface area (Å²) in [5.74, 6) is -0.990. The van der Waals surface area contributed by atoms with E-state index in [9.17, 15) is 48.0 Å². The number of carbonyl (C=O) groups is 3. The number of amides is 3. The third-order valence-corrected chi connectivity index (χ3v) is 11.4. The van der Waals surface area contributed by atoms with Gasteiger partial charge in [-0.25, -0.2) is 9.97 Å². The maximum atomic E-state index is 13.0. The maximum Gasteiger partial charge on any atom is 0.433 e. The van der Waals surface area contributed by atoms with Crippen LogP contribution in [0.5, 0.6) is 0 Å². The Hall–Kier alpha value is -3.60. The van der Waals surface area contributed by atoms with Crippen molar-refractivity contribution in [3.63, 3.8) is 0 Å². The minimum absolute atomic E-state index is 0.0604. The highest BCUT2D eigenvalue weighted by Crippen LogP contribution is 2.28. The quantitative estimate of drug-likeness (QED) is 0.0322. The SMILES string of the molecule is NCCCCCC(=O)NC(COCCC(=O)NCCOCCOCCOCCOCC1OCCC(O)C1O)COCCC(=O)NCCOCCOCCOCCOCC1OC[C@H](Nc2nccc(C(F)(F)F)n2)C(O)C1O. The van der Waals surface area contributed by atoms with Gasteiger partial charge in [0.25, 0.3) is 0 Å². The number of hydrogen-bond donors (Lipinski definition) is 9. The van der Waals surface area contributed by atoms with Crippen LogP contribution < -0.4 is 27.0 Å². The Bertz CT molecular complexity index is 1690. The van der Waals surface area contributed by atoms with Gasteiger partial charge in [-0.15, -0.1) is 0 Å². The number of hydrogen-bond acceptors (Lipinski definition) is 23. The number of ether oxygens (including phenoxy) is 12. The van der Waals surface area contributed by atoms with E-state index >= 15 is 0 Å². The van der Waals surface area contributed by atoms with Gasteiger partial charge in [0.2, 0.25) is 23.7 Å². The van der Waals surface area contributed by atoms with Crippen molar-refractivity contribution < 1.29 is 105 Å². The molecule has 77 heavy (non-hydrogen) atoms. The van der Waals surface area contributed by atoms with Crippen LogP contribution in [0.3, 0.4) is 0 Å². The molecule has 10 N–H and O–H groups in total. The number of nitrogens with zero attached hydrogens (tertiary/aromatic N) is 2. The van der Waals surface area contributed by atoms with E-state index < -0.39 is 60.6 Å². The van der Waals surface area contributed by atoms with Crippen LogP contribution in [0.2, 0.25) is 0 Å². The Morgan fingerprint density at radius 1 is 0.623 bits per heavy atom. The van der Waals surface area contributed by atoms with Crippen LogP contribution >= 0.6 is 0 Å². The number of aliphatic hydroxyl groups excluding tert-OH is 4. The third-order valence-electron chi connectivity index (χ3n) is 11.4. The number of alkyl halides is 3. The zero-order chi connectivity index (χ0) is 55.8. The average Bonchev–Trinajstić information content (AvgIpc) is 3.41. The largest absolute Gasteiger partial charge is 0.433 e. The Kier molecular flexibility index (Phi) is 37.2. The van der Waals surface area contributed by atoms with Crippen molar-refractivity contribution in [2.75, 3.05) is 170 Å². The molecular formula is C48H84F3N7O19. The highest BCUT2D eigenvalue weighted by molar-refractivity contribution is 5.76. The molecule has 2 saturated heterocycles. The lowest BCUT2D eigenvalue weighted by atomic mass is 9.98. The van der Waals surface area contributed by atoms with Gasteiger partial charge in [0.15, 0.2) is 0 Å². The number of unbranched alkanes of at least 4 members (excludes halogenated alkanes) is 2. The second-order valence-electron chi connectivity index (χ2n) is 17.7. The summed E-state index contributed by atoms with van der Waals surface area (Å²) >= 11 is 0. The number of halogens is 3. The fourth-order valence-corrected chi connectivity index (χ4v) is 7.15. The van der Waals surface area contributed by atoms with Gasteiger partial charge in [-0.05, 0) is 31.9 Å². The third kappa shape index (κ3) is 32.3. The monoisotopic (exact) mass is 1120 g/mol. The molecule has 2 aliphatic heterocycles. The Balaban J connectivity index is 1.11. The van der Waals surface area contributed by atoms with E-state index in [-0.39, 0.29) is 129 Å². The Morgan fingerprint density at radius 3 is 1.65 bits per heavy atom. The first kappa shape index (κ1) is 67.7. The summed E-state index contributed by atoms with van der Waals surface area (Å²) in [7, 11) is 0. The Morgan fingerprint density at radius 2 is 1.13 bits per heavy atom. The van der Waals surface area contributed by atoms with Crippen LogP contribution in [-0.2, 0) is 77.4 Å². The smallest absolute Gasteiger partial charge is 0.390 e. The summed E-state index contributed by atoms with van der Waals surface area (Å²) < 4.78 is 105. The lowest BCUT2D eigenvalue weighted by Crippen LogP contribution is -2.57. The normalized spacial score (nSPS) is 21.2. The molecule has 7 unspecified atom stereocenters. The summed E-state index contributed by atoms with van der Waals surface area (Å²) in [6.07, 6.45) is -6.45. The summed E-state index contributed by atoms with van der Waals surface area (Å²) in [4.78, 5) is 44.4. The minimum atomic E-state index is -4.67. The van der Waals surface area contributed by atoms with Crippen LogP contribution in [0.1, 0.15) is 50.6 Å². The fourth-order valence-electron chi connectivity index (χ4n) is 7.15. The topological polar surface area (TPSA) is 343 Å². The molecule has 0 spiro atoms. The first-order valence-corrected chi connectivity index (χ1v) is 26.2. The first-order chi connectivity index (χ1) is 37.3. The van der Waals surface area contributed by atoms with Crippen molar-refractivity contribution >= 4 is 23.7 Å². The van der Waals surface area contributed by atoms with Gasteiger partial charge in [-0.3, -0.25) is 14.4 Å². The molecule has 29 heteroatoms. The molecule has 1 aromatic heterocycles. The number of aromatic nitrogens is 2. The summed E-state index contributed by atoms with van der Waals surface area (Å²) in [6, 6.07) is -0.736. The molecular weight excluding hydrogens is 1040 g/mol. The van der Waals surface area contributed by atoms with E-state index in [1.165, 1.54) is 0 Å². The minimum Gasteiger partial charge on any atom is -0.390 e. The molecule has 0 aliphatic carbocycles. The van der Waals surface area contributed by atoms with Crippen molar-refractivity contribution in [1.82, 2.24) is 25.9 Å². The number of aliphatic hydroxyl groups is 4. The summed E-state index contributed by atoms with van der Waals surface area (Å²) in [5.41, 5.74) is 4.41. The van der Waals surface area contributed by atoms with E-state index in [1.54, 1.807) is 0 Å². The second kappa shape index (κ2) is 42.3. The van der Waals surface area contributed by atoms with Gasteiger partial charge in [-0.1, -0.05) is 6.42 Å². The summed E-state index contributed by atoms with van der Waals surface area (Å²) in [5, 5.41) is 51.5. The number of anilines is 1. The molecule has 3 heterocycles. The van der Waals surface area contributed by atoms with Crippen LogP contribution in [0, 0.1) is 0 Å². The van der Waals surface area contributed by atoms with Crippen molar-refractivity contribution in [1.29, 1.82) is 0 Å². The zero-order valence-electron chi connectivity index (χ0n) is 43.9. The van der Waals surface area contributed by atoms with E-state index in [2.05, 4.69) is 31.2 Å². The van der Waals surface area contributed by atoms with E-state index in [1.807, 2.05) is 0 Å². The fraction of sp³-hybridized carbons (Fsp3) is 0.854. The van der Waals surface area contributed by atoms with Crippen molar-refractivity contribution in [3.8, 4) is 0 Å². The lowest BCUT2D eigenvalue weighted by Gasteiger charge is -2.37. The van der Waals surface area contributed by atoms with Crippen LogP contribution in [0.25, 0.3) is 0 Å². The molecule has 2 fully saturated rings. The van der Waals surface area contributed by atoms with Crippen LogP contribution in [0.15, 0.2) is 12.3 Å². The van der Waals surface area contributed by atoms with Crippen molar-refractivity contribution in [2.45, 2.75) is 99.8 Å². The molecule has 26 nitrogen and oxygen atoms in total. The molecule has 8 atom stereocenters. The van der Waals surface area contributed by atoms with E-state index in [0.29, 0.717) is 91.8 Å². The van der Waals surface area contributed by atoms with Gasteiger partial charge >= 0.3 is 6.18 Å². The maximum absolute atomic E-state index is 13.0. The molecule has 0 radical (unpaired) electrons. The van der Waals surface area contributed by atoms with Crippen molar-refractivity contribution in [2.24, 2.45) is 5.73 Å². The van der Waals surface area contributed by atoms with Gasteiger partial charge in [0.05, 0.1) is 157 Å². The predicted molar refractivity (Wildman–Crippen MR) is 265 cm³/mol. The molecule has 1 aromatic rings.